The summed E-state index contributed by atoms with van der Waals surface area (Å²) < 4.78 is 33.2. The second-order valence-corrected chi connectivity index (χ2v) is 15.1. The van der Waals surface area contributed by atoms with Gasteiger partial charge in [-0.05, 0) is 90.6 Å². The SMILES string of the molecule is C=C(CCCNC(=O)C1OC(OC(C)=O)C(OC(C)=O)C(OC(C)=O)C1OC(C)=O)c1ccc(Cl)c(CNC2(c3cnccc3-c3ccccc3OC3CC3)CC2)c1. The highest BCUT2D eigenvalue weighted by atomic mass is 35.5. The number of aromatic nitrogens is 1. The summed E-state index contributed by atoms with van der Waals surface area (Å²) in [5, 5.41) is 7.14. The van der Waals surface area contributed by atoms with Gasteiger partial charge in [0.15, 0.2) is 18.3 Å². The number of carbonyl (C=O) groups is 5. The maximum absolute atomic E-state index is 13.5. The molecule has 58 heavy (non-hydrogen) atoms. The fourth-order valence-corrected chi connectivity index (χ4v) is 7.21. The van der Waals surface area contributed by atoms with E-state index >= 15 is 0 Å². The Morgan fingerprint density at radius 1 is 0.862 bits per heavy atom. The topological polar surface area (TPSA) is 178 Å². The Morgan fingerprint density at radius 2 is 1.53 bits per heavy atom. The van der Waals surface area contributed by atoms with E-state index in [-0.39, 0.29) is 18.2 Å². The third-order valence-corrected chi connectivity index (χ3v) is 10.4. The summed E-state index contributed by atoms with van der Waals surface area (Å²) in [6.45, 7) is 9.30. The average Bonchev–Trinajstić information content (AvgIpc) is 4.12. The highest BCUT2D eigenvalue weighted by Gasteiger charge is 2.55. The Labute approximate surface area is 341 Å². The number of halogens is 1. The smallest absolute Gasteiger partial charge is 0.305 e. The molecule has 0 spiro atoms. The molecule has 3 fully saturated rings. The maximum atomic E-state index is 13.5. The Bertz CT molecular complexity index is 2050. The number of amides is 1. The molecule has 15 heteroatoms. The van der Waals surface area contributed by atoms with Crippen LogP contribution in [0.5, 0.6) is 5.75 Å². The number of hydrogen-bond donors (Lipinski definition) is 2. The predicted molar refractivity (Wildman–Crippen MR) is 211 cm³/mol. The summed E-state index contributed by atoms with van der Waals surface area (Å²) in [6.07, 6.45) is 1.19. The van der Waals surface area contributed by atoms with Gasteiger partial charge >= 0.3 is 23.9 Å². The van der Waals surface area contributed by atoms with Crippen molar-refractivity contribution in [2.24, 2.45) is 0 Å². The lowest BCUT2D eigenvalue weighted by Gasteiger charge is -2.43. The van der Waals surface area contributed by atoms with Gasteiger partial charge in [-0.15, -0.1) is 0 Å². The molecule has 2 N–H and O–H groups in total. The van der Waals surface area contributed by atoms with Crippen LogP contribution in [-0.2, 0) is 59.7 Å². The molecule has 2 aliphatic carbocycles. The molecule has 3 aromatic rings. The molecule has 2 aromatic carbocycles. The molecule has 3 aliphatic rings. The molecular weight excluding hydrogens is 770 g/mol. The first-order chi connectivity index (χ1) is 27.7. The van der Waals surface area contributed by atoms with Crippen LogP contribution in [-0.4, -0.2) is 78.1 Å². The third kappa shape index (κ3) is 10.6. The molecule has 6 rings (SSSR count). The van der Waals surface area contributed by atoms with Gasteiger partial charge < -0.3 is 39.1 Å². The normalized spacial score (nSPS) is 21.8. The van der Waals surface area contributed by atoms with E-state index in [1.807, 2.05) is 54.9 Å². The molecule has 2 heterocycles. The Kier molecular flexibility index (Phi) is 13.5. The van der Waals surface area contributed by atoms with Crippen molar-refractivity contribution < 1.29 is 52.4 Å². The van der Waals surface area contributed by atoms with Crippen molar-refractivity contribution in [2.45, 2.75) is 115 Å². The number of nitrogens with zero attached hydrogens (tertiary/aromatic N) is 1. The molecule has 1 aromatic heterocycles. The minimum Gasteiger partial charge on any atom is -0.490 e. The lowest BCUT2D eigenvalue weighted by molar-refractivity contribution is -0.290. The van der Waals surface area contributed by atoms with E-state index < -0.39 is 60.5 Å². The Balaban J connectivity index is 1.08. The van der Waals surface area contributed by atoms with Crippen LogP contribution in [0.1, 0.15) is 82.9 Å². The molecule has 0 bridgehead atoms. The number of allylic oxidation sites excluding steroid dienone is 1. The molecule has 2 saturated carbocycles. The van der Waals surface area contributed by atoms with Crippen LogP contribution in [0, 0.1) is 0 Å². The predicted octanol–water partition coefficient (Wildman–Crippen LogP) is 5.71. The van der Waals surface area contributed by atoms with E-state index in [1.165, 1.54) is 0 Å². The van der Waals surface area contributed by atoms with E-state index in [2.05, 4.69) is 28.3 Å². The number of benzene rings is 2. The van der Waals surface area contributed by atoms with Gasteiger partial charge in [-0.25, -0.2) is 0 Å². The number of pyridine rings is 1. The first kappa shape index (κ1) is 42.3. The van der Waals surface area contributed by atoms with Gasteiger partial charge in [0, 0.05) is 69.3 Å². The molecule has 5 unspecified atom stereocenters. The van der Waals surface area contributed by atoms with Crippen molar-refractivity contribution in [3.63, 3.8) is 0 Å². The van der Waals surface area contributed by atoms with E-state index in [1.54, 1.807) is 0 Å². The molecule has 308 valence electrons. The summed E-state index contributed by atoms with van der Waals surface area (Å²) in [5.41, 5.74) is 5.61. The summed E-state index contributed by atoms with van der Waals surface area (Å²) in [6, 6.07) is 16.0. The quantitative estimate of drug-likeness (QED) is 0.0963. The van der Waals surface area contributed by atoms with Gasteiger partial charge in [0.25, 0.3) is 5.91 Å². The summed E-state index contributed by atoms with van der Waals surface area (Å²) in [4.78, 5) is 66.1. The maximum Gasteiger partial charge on any atom is 0.305 e. The molecule has 1 saturated heterocycles. The van der Waals surface area contributed by atoms with Gasteiger partial charge in [0.05, 0.1) is 6.10 Å². The average molecular weight is 818 g/mol. The van der Waals surface area contributed by atoms with E-state index in [9.17, 15) is 24.0 Å². The second kappa shape index (κ2) is 18.5. The Morgan fingerprint density at radius 3 is 2.21 bits per heavy atom. The highest BCUT2D eigenvalue weighted by molar-refractivity contribution is 6.31. The van der Waals surface area contributed by atoms with Crippen molar-refractivity contribution in [1.82, 2.24) is 15.6 Å². The zero-order valence-corrected chi connectivity index (χ0v) is 33.7. The van der Waals surface area contributed by atoms with Crippen LogP contribution < -0.4 is 15.4 Å². The van der Waals surface area contributed by atoms with Crippen molar-refractivity contribution in [2.75, 3.05) is 6.54 Å². The van der Waals surface area contributed by atoms with Gasteiger partial charge in [0.1, 0.15) is 5.75 Å². The van der Waals surface area contributed by atoms with Gasteiger partial charge in [-0.3, -0.25) is 29.0 Å². The summed E-state index contributed by atoms with van der Waals surface area (Å²) >= 11 is 6.72. The van der Waals surface area contributed by atoms with Crippen molar-refractivity contribution in [3.05, 3.63) is 89.2 Å². The first-order valence-electron chi connectivity index (χ1n) is 19.3. The molecule has 0 radical (unpaired) electrons. The minimum absolute atomic E-state index is 0.154. The number of para-hydroxylation sites is 1. The zero-order chi connectivity index (χ0) is 41.6. The van der Waals surface area contributed by atoms with Crippen LogP contribution in [0.2, 0.25) is 5.02 Å². The fourth-order valence-electron chi connectivity index (χ4n) is 7.03. The number of rotatable bonds is 17. The largest absolute Gasteiger partial charge is 0.490 e. The molecule has 14 nitrogen and oxygen atoms in total. The second-order valence-electron chi connectivity index (χ2n) is 14.7. The van der Waals surface area contributed by atoms with E-state index in [0.29, 0.717) is 24.4 Å². The number of nitrogens with one attached hydrogen (secondary N) is 2. The van der Waals surface area contributed by atoms with Crippen molar-refractivity contribution in [1.29, 1.82) is 0 Å². The lowest BCUT2D eigenvalue weighted by Crippen LogP contribution is -2.65. The van der Waals surface area contributed by atoms with Crippen molar-refractivity contribution >= 4 is 47.0 Å². The van der Waals surface area contributed by atoms with Crippen molar-refractivity contribution in [3.8, 4) is 16.9 Å². The molecule has 1 amide bonds. The molecule has 1 aliphatic heterocycles. The van der Waals surface area contributed by atoms with Gasteiger partial charge in [-0.2, -0.15) is 0 Å². The number of carbonyl (C=O) groups excluding carboxylic acids is 5. The van der Waals surface area contributed by atoms with Gasteiger partial charge in [0.2, 0.25) is 12.4 Å². The van der Waals surface area contributed by atoms with Crippen LogP contribution in [0.3, 0.4) is 0 Å². The van der Waals surface area contributed by atoms with Crippen LogP contribution in [0.25, 0.3) is 16.7 Å². The van der Waals surface area contributed by atoms with Crippen LogP contribution >= 0.6 is 11.6 Å². The zero-order valence-electron chi connectivity index (χ0n) is 32.9. The fraction of sp³-hybridized carbons (Fsp3) is 0.442. The number of hydrogen-bond acceptors (Lipinski definition) is 13. The summed E-state index contributed by atoms with van der Waals surface area (Å²) in [7, 11) is 0. The van der Waals surface area contributed by atoms with Crippen LogP contribution in [0.15, 0.2) is 67.5 Å². The molecular formula is C43H48ClN3O11. The lowest BCUT2D eigenvalue weighted by atomic mass is 9.94. The molecule has 5 atom stereocenters. The van der Waals surface area contributed by atoms with Gasteiger partial charge in [-0.1, -0.05) is 42.4 Å². The minimum atomic E-state index is -1.65. The monoisotopic (exact) mass is 817 g/mol. The number of ether oxygens (including phenoxy) is 6. The third-order valence-electron chi connectivity index (χ3n) is 10.0. The van der Waals surface area contributed by atoms with E-state index in [4.69, 9.17) is 40.0 Å². The summed E-state index contributed by atoms with van der Waals surface area (Å²) in [5.74, 6) is -3.15. The highest BCUT2D eigenvalue weighted by Crippen LogP contribution is 2.50. The Hall–Kier alpha value is -5.31. The standard InChI is InChI=1S/C43H48ClN3O11/c1-24(9-8-19-46-41(52)39-37(53-25(2)48)38(54-26(3)49)40(55-27(4)50)42(58-39)56-28(5)51)29-12-15-35(44)30(21-29)22-47-43(17-18-43)34-23-45-20-16-32(34)33-10-6-7-11-36(33)57-31-13-14-31/h6-7,10-12,15-16,20-21,23,31,37-40,42,47H,1,8-9,13-14,17-19,22H2,2-5H3,(H,46,52). The number of esters is 4. The first-order valence-corrected chi connectivity index (χ1v) is 19.7. The van der Waals surface area contributed by atoms with E-state index in [0.717, 1.165) is 92.5 Å². The van der Waals surface area contributed by atoms with Crippen LogP contribution in [0.4, 0.5) is 0 Å².